The molecule has 1 aliphatic heterocycles. The zero-order valence-electron chi connectivity index (χ0n) is 13.2. The van der Waals surface area contributed by atoms with Crippen LogP contribution in [0.1, 0.15) is 42.5 Å². The van der Waals surface area contributed by atoms with E-state index < -0.39 is 24.2 Å². The summed E-state index contributed by atoms with van der Waals surface area (Å²) in [6.45, 7) is 2.49. The Balaban J connectivity index is 2.36. The molecule has 0 N–H and O–H groups in total. The van der Waals surface area contributed by atoms with Crippen LogP contribution in [0.5, 0.6) is 0 Å². The highest BCUT2D eigenvalue weighted by molar-refractivity contribution is 5.30. The Kier molecular flexibility index (Phi) is 5.59. The molecule has 1 fully saturated rings. The van der Waals surface area contributed by atoms with Crippen molar-refractivity contribution in [2.75, 3.05) is 27.3 Å². The first-order valence-electron chi connectivity index (χ1n) is 7.28. The molecule has 1 aromatic heterocycles. The summed E-state index contributed by atoms with van der Waals surface area (Å²) in [5.74, 6) is 0. The molecule has 130 valence electrons. The van der Waals surface area contributed by atoms with Gasteiger partial charge in [-0.2, -0.15) is 13.2 Å². The van der Waals surface area contributed by atoms with Gasteiger partial charge < -0.3 is 9.47 Å². The van der Waals surface area contributed by atoms with E-state index in [0.29, 0.717) is 18.5 Å². The number of alkyl halides is 4. The number of halogens is 4. The molecule has 2 heterocycles. The fourth-order valence-electron chi connectivity index (χ4n) is 2.76. The summed E-state index contributed by atoms with van der Waals surface area (Å²) in [7, 11) is 2.50. The maximum Gasteiger partial charge on any atom is 0.418 e. The zero-order chi connectivity index (χ0) is 17.2. The standard InChI is InChI=1S/C15H20F4N2O2/c1-9(21-5-4-11(16)8-21)10-6-12(15(17,18)19)13(20-7-10)14(22-2)23-3/h6-7,9,11,14H,4-5,8H2,1-3H3/t9?,11-/m1/s1. The molecular weight excluding hydrogens is 316 g/mol. The van der Waals surface area contributed by atoms with Gasteiger partial charge in [0.25, 0.3) is 0 Å². The predicted molar refractivity (Wildman–Crippen MR) is 75.5 cm³/mol. The van der Waals surface area contributed by atoms with Gasteiger partial charge in [-0.3, -0.25) is 9.88 Å². The molecular formula is C15H20F4N2O2. The van der Waals surface area contributed by atoms with Gasteiger partial charge in [0.2, 0.25) is 6.29 Å². The number of aromatic nitrogens is 1. The maximum atomic E-state index is 13.3. The average Bonchev–Trinajstić information content (AvgIpc) is 2.93. The van der Waals surface area contributed by atoms with Gasteiger partial charge in [0.05, 0.1) is 5.56 Å². The van der Waals surface area contributed by atoms with E-state index in [4.69, 9.17) is 9.47 Å². The van der Waals surface area contributed by atoms with Crippen LogP contribution in [0.15, 0.2) is 12.3 Å². The third-order valence-corrected chi connectivity index (χ3v) is 4.09. The number of ether oxygens (including phenoxy) is 2. The van der Waals surface area contributed by atoms with E-state index >= 15 is 0 Å². The van der Waals surface area contributed by atoms with Gasteiger partial charge in [-0.15, -0.1) is 0 Å². The second-order valence-corrected chi connectivity index (χ2v) is 5.56. The predicted octanol–water partition coefficient (Wildman–Crippen LogP) is 3.50. The van der Waals surface area contributed by atoms with Crippen molar-refractivity contribution < 1.29 is 27.0 Å². The number of pyridine rings is 1. The zero-order valence-corrected chi connectivity index (χ0v) is 13.2. The van der Waals surface area contributed by atoms with Crippen LogP contribution in [-0.2, 0) is 15.7 Å². The Labute approximate surface area is 132 Å². The molecule has 1 saturated heterocycles. The van der Waals surface area contributed by atoms with Crippen LogP contribution in [0.3, 0.4) is 0 Å². The average molecular weight is 336 g/mol. The van der Waals surface area contributed by atoms with Crippen molar-refractivity contribution in [3.8, 4) is 0 Å². The number of rotatable bonds is 5. The van der Waals surface area contributed by atoms with Gasteiger partial charge in [0, 0.05) is 39.5 Å². The fourth-order valence-corrected chi connectivity index (χ4v) is 2.76. The second kappa shape index (κ2) is 7.11. The Morgan fingerprint density at radius 1 is 1.30 bits per heavy atom. The molecule has 4 nitrogen and oxygen atoms in total. The number of methoxy groups -OCH3 is 2. The molecule has 0 aliphatic carbocycles. The van der Waals surface area contributed by atoms with Crippen LogP contribution in [0.4, 0.5) is 17.6 Å². The highest BCUT2D eigenvalue weighted by Crippen LogP contribution is 2.37. The van der Waals surface area contributed by atoms with Crippen molar-refractivity contribution in [2.45, 2.75) is 38.0 Å². The minimum absolute atomic E-state index is 0.225. The first kappa shape index (κ1) is 18.1. The first-order chi connectivity index (χ1) is 10.8. The van der Waals surface area contributed by atoms with Crippen molar-refractivity contribution in [3.63, 3.8) is 0 Å². The van der Waals surface area contributed by atoms with E-state index in [0.717, 1.165) is 6.07 Å². The Morgan fingerprint density at radius 2 is 1.96 bits per heavy atom. The van der Waals surface area contributed by atoms with E-state index in [1.165, 1.54) is 20.4 Å². The lowest BCUT2D eigenvalue weighted by atomic mass is 10.0. The van der Waals surface area contributed by atoms with E-state index in [2.05, 4.69) is 4.98 Å². The molecule has 2 atom stereocenters. The lowest BCUT2D eigenvalue weighted by Gasteiger charge is -2.25. The first-order valence-corrected chi connectivity index (χ1v) is 7.28. The summed E-state index contributed by atoms with van der Waals surface area (Å²) in [5, 5.41) is 0. The summed E-state index contributed by atoms with van der Waals surface area (Å²) in [4.78, 5) is 5.72. The van der Waals surface area contributed by atoms with E-state index in [1.54, 1.807) is 6.92 Å². The van der Waals surface area contributed by atoms with Crippen LogP contribution in [0.2, 0.25) is 0 Å². The number of hydrogen-bond acceptors (Lipinski definition) is 4. The van der Waals surface area contributed by atoms with Crippen molar-refractivity contribution in [2.24, 2.45) is 0 Å². The van der Waals surface area contributed by atoms with Crippen LogP contribution in [0, 0.1) is 0 Å². The quantitative estimate of drug-likeness (QED) is 0.609. The summed E-state index contributed by atoms with van der Waals surface area (Å²) >= 11 is 0. The molecule has 0 aromatic carbocycles. The number of likely N-dealkylation sites (tertiary alicyclic amines) is 1. The Morgan fingerprint density at radius 3 is 2.43 bits per heavy atom. The molecule has 23 heavy (non-hydrogen) atoms. The maximum absolute atomic E-state index is 13.3. The van der Waals surface area contributed by atoms with Crippen LogP contribution >= 0.6 is 0 Å². The van der Waals surface area contributed by atoms with Crippen molar-refractivity contribution >= 4 is 0 Å². The molecule has 1 aliphatic rings. The lowest BCUT2D eigenvalue weighted by molar-refractivity contribution is -0.149. The van der Waals surface area contributed by atoms with Gasteiger partial charge in [0.1, 0.15) is 11.9 Å². The minimum atomic E-state index is -4.58. The van der Waals surface area contributed by atoms with E-state index in [1.807, 2.05) is 4.90 Å². The molecule has 0 bridgehead atoms. The molecule has 0 amide bonds. The Hall–Kier alpha value is -1.25. The fraction of sp³-hybridized carbons (Fsp3) is 0.667. The van der Waals surface area contributed by atoms with Crippen molar-refractivity contribution in [1.82, 2.24) is 9.88 Å². The second-order valence-electron chi connectivity index (χ2n) is 5.56. The molecule has 1 aromatic rings. The number of hydrogen-bond donors (Lipinski definition) is 0. The molecule has 0 spiro atoms. The third kappa shape index (κ3) is 3.99. The molecule has 0 radical (unpaired) electrons. The summed E-state index contributed by atoms with van der Waals surface area (Å²) in [5.41, 5.74) is -0.823. The van der Waals surface area contributed by atoms with Gasteiger partial charge >= 0.3 is 6.18 Å². The highest BCUT2D eigenvalue weighted by Gasteiger charge is 2.38. The topological polar surface area (TPSA) is 34.6 Å². The molecule has 8 heteroatoms. The molecule has 1 unspecified atom stereocenters. The summed E-state index contributed by atoms with van der Waals surface area (Å²) in [6, 6.07) is 0.700. The smallest absolute Gasteiger partial charge is 0.350 e. The van der Waals surface area contributed by atoms with Crippen LogP contribution in [0.25, 0.3) is 0 Å². The molecule has 0 saturated carbocycles. The number of nitrogens with zero attached hydrogens (tertiary/aromatic N) is 2. The van der Waals surface area contributed by atoms with Gasteiger partial charge in [0.15, 0.2) is 0 Å². The Bertz CT molecular complexity index is 535. The van der Waals surface area contributed by atoms with E-state index in [-0.39, 0.29) is 18.3 Å². The third-order valence-electron chi connectivity index (χ3n) is 4.09. The minimum Gasteiger partial charge on any atom is -0.350 e. The van der Waals surface area contributed by atoms with Crippen LogP contribution in [-0.4, -0.2) is 43.4 Å². The van der Waals surface area contributed by atoms with E-state index in [9.17, 15) is 17.6 Å². The SMILES string of the molecule is COC(OC)c1ncc(C(C)N2CC[C@@H](F)C2)cc1C(F)(F)F. The van der Waals surface area contributed by atoms with Crippen LogP contribution < -0.4 is 0 Å². The highest BCUT2D eigenvalue weighted by atomic mass is 19.4. The normalized spacial score (nSPS) is 21.1. The van der Waals surface area contributed by atoms with Gasteiger partial charge in [-0.25, -0.2) is 4.39 Å². The summed E-state index contributed by atoms with van der Waals surface area (Å²) < 4.78 is 63.1. The van der Waals surface area contributed by atoms with Gasteiger partial charge in [-0.05, 0) is 25.0 Å². The van der Waals surface area contributed by atoms with Gasteiger partial charge in [-0.1, -0.05) is 0 Å². The monoisotopic (exact) mass is 336 g/mol. The lowest BCUT2D eigenvalue weighted by Crippen LogP contribution is -2.26. The van der Waals surface area contributed by atoms with Crippen molar-refractivity contribution in [1.29, 1.82) is 0 Å². The van der Waals surface area contributed by atoms with Crippen molar-refractivity contribution in [3.05, 3.63) is 29.1 Å². The molecule has 2 rings (SSSR count). The summed E-state index contributed by atoms with van der Waals surface area (Å²) in [6.07, 6.45) is -4.94. The largest absolute Gasteiger partial charge is 0.418 e.